The molecule has 0 aliphatic carbocycles. The largest absolute Gasteiger partial charge is 0.496 e. The summed E-state index contributed by atoms with van der Waals surface area (Å²) in [5.41, 5.74) is 6.29. The first-order chi connectivity index (χ1) is 18.3. The lowest BCUT2D eigenvalue weighted by Gasteiger charge is -2.44. The van der Waals surface area contributed by atoms with Crippen LogP contribution in [-0.4, -0.2) is 26.3 Å². The van der Waals surface area contributed by atoms with Gasteiger partial charge in [0.2, 0.25) is 0 Å². The summed E-state index contributed by atoms with van der Waals surface area (Å²) >= 11 is 0. The number of rotatable bonds is 6. The van der Waals surface area contributed by atoms with Crippen molar-refractivity contribution in [3.05, 3.63) is 84.4 Å². The first-order valence-corrected chi connectivity index (χ1v) is 12.8. The van der Waals surface area contributed by atoms with Crippen LogP contribution in [0.2, 0.25) is 0 Å². The molecule has 5 rings (SSSR count). The lowest BCUT2D eigenvalue weighted by atomic mass is 9.96. The molecule has 4 aromatic rings. The molecule has 0 unspecified atom stereocenters. The zero-order chi connectivity index (χ0) is 27.1. The predicted molar refractivity (Wildman–Crippen MR) is 151 cm³/mol. The number of hydrogen-bond acceptors (Lipinski definition) is 4. The summed E-state index contributed by atoms with van der Waals surface area (Å²) in [6.45, 7) is 8.51. The number of hydrogen-bond donors (Lipinski definition) is 0. The second-order valence-corrected chi connectivity index (χ2v) is 9.97. The molecule has 1 aliphatic rings. The van der Waals surface area contributed by atoms with Crippen LogP contribution in [0.5, 0.6) is 11.5 Å². The molecule has 4 aromatic carbocycles. The molecule has 1 aliphatic heterocycles. The predicted octanol–water partition coefficient (Wildman–Crippen LogP) is 8.72. The number of anilines is 4. The van der Waals surface area contributed by atoms with Crippen LogP contribution in [0, 0.1) is 11.6 Å². The van der Waals surface area contributed by atoms with Crippen molar-refractivity contribution < 1.29 is 18.3 Å². The first kappa shape index (κ1) is 25.6. The van der Waals surface area contributed by atoms with Crippen molar-refractivity contribution in [3.63, 3.8) is 0 Å². The highest BCUT2D eigenvalue weighted by Crippen LogP contribution is 2.52. The van der Waals surface area contributed by atoms with Crippen molar-refractivity contribution in [1.29, 1.82) is 0 Å². The third kappa shape index (κ3) is 4.14. The monoisotopic (exact) mass is 514 g/mol. The third-order valence-corrected chi connectivity index (χ3v) is 6.99. The first-order valence-electron chi connectivity index (χ1n) is 12.8. The normalized spacial score (nSPS) is 12.6. The number of benzene rings is 4. The van der Waals surface area contributed by atoms with Crippen LogP contribution in [0.15, 0.2) is 72.8 Å². The van der Waals surface area contributed by atoms with E-state index in [2.05, 4.69) is 37.5 Å². The van der Waals surface area contributed by atoms with E-state index in [0.717, 1.165) is 33.9 Å². The van der Waals surface area contributed by atoms with Gasteiger partial charge in [-0.05, 0) is 87.4 Å². The maximum absolute atomic E-state index is 15.0. The molecule has 0 fully saturated rings. The van der Waals surface area contributed by atoms with Gasteiger partial charge in [-0.3, -0.25) is 0 Å². The second kappa shape index (κ2) is 10.0. The summed E-state index contributed by atoms with van der Waals surface area (Å²) in [6, 6.07) is 21.9. The van der Waals surface area contributed by atoms with Crippen molar-refractivity contribution in [3.8, 4) is 33.8 Å². The van der Waals surface area contributed by atoms with Crippen LogP contribution in [0.4, 0.5) is 31.5 Å². The molecule has 0 amide bonds. The summed E-state index contributed by atoms with van der Waals surface area (Å²) in [4.78, 5) is 4.51. The van der Waals surface area contributed by atoms with Crippen molar-refractivity contribution >= 4 is 22.7 Å². The molecule has 196 valence electrons. The highest BCUT2D eigenvalue weighted by Gasteiger charge is 2.32. The van der Waals surface area contributed by atoms with E-state index in [-0.39, 0.29) is 23.7 Å². The number of halogens is 2. The van der Waals surface area contributed by atoms with Gasteiger partial charge in [0.05, 0.1) is 48.1 Å². The summed E-state index contributed by atoms with van der Waals surface area (Å²) in [7, 11) is 3.10. The average Bonchev–Trinajstić information content (AvgIpc) is 2.90. The van der Waals surface area contributed by atoms with Crippen molar-refractivity contribution in [2.24, 2.45) is 0 Å². The van der Waals surface area contributed by atoms with Gasteiger partial charge in [-0.2, -0.15) is 0 Å². The Bertz CT molecular complexity index is 1390. The molecule has 38 heavy (non-hydrogen) atoms. The molecule has 6 heteroatoms. The quantitative estimate of drug-likeness (QED) is 0.257. The van der Waals surface area contributed by atoms with E-state index < -0.39 is 0 Å². The van der Waals surface area contributed by atoms with Crippen molar-refractivity contribution in [1.82, 2.24) is 0 Å². The Morgan fingerprint density at radius 1 is 0.553 bits per heavy atom. The topological polar surface area (TPSA) is 24.9 Å². The zero-order valence-electron chi connectivity index (χ0n) is 22.5. The molecular weight excluding hydrogens is 482 g/mol. The summed E-state index contributed by atoms with van der Waals surface area (Å²) in [5.74, 6) is 0.310. The van der Waals surface area contributed by atoms with E-state index >= 15 is 8.78 Å². The lowest BCUT2D eigenvalue weighted by Crippen LogP contribution is -2.36. The molecule has 0 bridgehead atoms. The van der Waals surface area contributed by atoms with Gasteiger partial charge in [-0.1, -0.05) is 24.3 Å². The molecule has 0 saturated carbocycles. The van der Waals surface area contributed by atoms with Gasteiger partial charge in [0.15, 0.2) is 0 Å². The number of methoxy groups -OCH3 is 2. The fraction of sp³-hybridized carbons (Fsp3) is 0.250. The molecule has 0 spiro atoms. The Morgan fingerprint density at radius 3 is 1.29 bits per heavy atom. The summed E-state index contributed by atoms with van der Waals surface area (Å²) in [6.07, 6.45) is 0. The smallest absolute Gasteiger partial charge is 0.134 e. The standard InChI is InChI=1S/C32H32F2N2O2/c1-19(2)35-25-15-13-22(32-24(34)10-8-12-30(32)38-6)18-28(25)36(20(3)4)26-16-14-21(17-27(26)35)31-23(33)9-7-11-29(31)37-5/h7-20H,1-6H3. The van der Waals surface area contributed by atoms with Crippen LogP contribution in [-0.2, 0) is 0 Å². The van der Waals surface area contributed by atoms with Crippen LogP contribution in [0.25, 0.3) is 22.3 Å². The average molecular weight is 515 g/mol. The molecule has 1 heterocycles. The maximum atomic E-state index is 15.0. The lowest BCUT2D eigenvalue weighted by molar-refractivity contribution is 0.413. The van der Waals surface area contributed by atoms with Crippen molar-refractivity contribution in [2.45, 2.75) is 39.8 Å². The van der Waals surface area contributed by atoms with E-state index in [1.165, 1.54) is 12.1 Å². The SMILES string of the molecule is COc1cccc(F)c1-c1ccc2c(c1)N(C(C)C)c1ccc(-c3c(F)cccc3OC)cc1N2C(C)C. The molecular formula is C32H32F2N2O2. The molecule has 0 saturated heterocycles. The highest BCUT2D eigenvalue weighted by molar-refractivity contribution is 5.97. The molecule has 4 nitrogen and oxygen atoms in total. The Morgan fingerprint density at radius 2 is 0.947 bits per heavy atom. The second-order valence-electron chi connectivity index (χ2n) is 9.97. The van der Waals surface area contributed by atoms with Gasteiger partial charge in [-0.25, -0.2) is 8.78 Å². The van der Waals surface area contributed by atoms with E-state index in [1.807, 2.05) is 36.4 Å². The highest BCUT2D eigenvalue weighted by atomic mass is 19.1. The van der Waals surface area contributed by atoms with Crippen LogP contribution in [0.3, 0.4) is 0 Å². The minimum atomic E-state index is -0.333. The molecule has 0 N–H and O–H groups in total. The van der Waals surface area contributed by atoms with Crippen LogP contribution in [0.1, 0.15) is 27.7 Å². The van der Waals surface area contributed by atoms with E-state index in [1.54, 1.807) is 38.5 Å². The van der Waals surface area contributed by atoms with E-state index in [9.17, 15) is 0 Å². The van der Waals surface area contributed by atoms with E-state index in [4.69, 9.17) is 9.47 Å². The molecule has 0 radical (unpaired) electrons. The Balaban J connectivity index is 1.73. The molecule has 0 atom stereocenters. The van der Waals surface area contributed by atoms with E-state index in [0.29, 0.717) is 22.6 Å². The third-order valence-electron chi connectivity index (χ3n) is 6.99. The van der Waals surface area contributed by atoms with Crippen molar-refractivity contribution in [2.75, 3.05) is 24.0 Å². The number of nitrogens with zero attached hydrogens (tertiary/aromatic N) is 2. The minimum Gasteiger partial charge on any atom is -0.496 e. The van der Waals surface area contributed by atoms with Crippen LogP contribution < -0.4 is 19.3 Å². The Labute approximate surface area is 223 Å². The van der Waals surface area contributed by atoms with Gasteiger partial charge >= 0.3 is 0 Å². The van der Waals surface area contributed by atoms with Gasteiger partial charge in [0, 0.05) is 12.1 Å². The zero-order valence-corrected chi connectivity index (χ0v) is 22.5. The summed E-state index contributed by atoms with van der Waals surface area (Å²) in [5, 5.41) is 0. The van der Waals surface area contributed by atoms with Crippen LogP contribution >= 0.6 is 0 Å². The fourth-order valence-electron chi connectivity index (χ4n) is 5.43. The van der Waals surface area contributed by atoms with Gasteiger partial charge in [-0.15, -0.1) is 0 Å². The Hall–Kier alpha value is -4.06. The maximum Gasteiger partial charge on any atom is 0.134 e. The number of fused-ring (bicyclic) bond motifs is 2. The number of ether oxygens (including phenoxy) is 2. The van der Waals surface area contributed by atoms with Gasteiger partial charge in [0.25, 0.3) is 0 Å². The molecule has 0 aromatic heterocycles. The fourth-order valence-corrected chi connectivity index (χ4v) is 5.43. The minimum absolute atomic E-state index is 0.105. The van der Waals surface area contributed by atoms with Gasteiger partial charge < -0.3 is 19.3 Å². The Kier molecular flexibility index (Phi) is 6.74. The van der Waals surface area contributed by atoms with Gasteiger partial charge in [0.1, 0.15) is 23.1 Å². The summed E-state index contributed by atoms with van der Waals surface area (Å²) < 4.78 is 41.0.